The van der Waals surface area contributed by atoms with Crippen molar-refractivity contribution in [1.82, 2.24) is 14.8 Å². The smallest absolute Gasteiger partial charge is 0.222 e. The van der Waals surface area contributed by atoms with Crippen LogP contribution >= 0.6 is 36.2 Å². The van der Waals surface area contributed by atoms with E-state index in [-0.39, 0.29) is 36.1 Å². The summed E-state index contributed by atoms with van der Waals surface area (Å²) >= 11 is 1.75. The number of amides is 1. The summed E-state index contributed by atoms with van der Waals surface area (Å²) in [5.74, 6) is 0.244. The highest BCUT2D eigenvalue weighted by Crippen LogP contribution is 2.26. The Hall–Kier alpha value is -0.400. The van der Waals surface area contributed by atoms with Gasteiger partial charge in [-0.2, -0.15) is 0 Å². The fraction of sp³-hybridized carbons (Fsp3) is 0.750. The molecule has 0 radical (unpaired) electrons. The molecule has 1 fully saturated rings. The molecule has 0 spiro atoms. The summed E-state index contributed by atoms with van der Waals surface area (Å²) in [6.45, 7) is 11.6. The molecule has 8 heteroatoms. The fourth-order valence-corrected chi connectivity index (χ4v) is 3.42. The lowest BCUT2D eigenvalue weighted by Crippen LogP contribution is -2.48. The minimum absolute atomic E-state index is 0. The topological polar surface area (TPSA) is 62.5 Å². The van der Waals surface area contributed by atoms with Gasteiger partial charge in [-0.15, -0.1) is 36.2 Å². The lowest BCUT2D eigenvalue weighted by molar-refractivity contribution is -0.133. The molecule has 0 atom stereocenters. The molecule has 0 unspecified atom stereocenters. The van der Waals surface area contributed by atoms with E-state index in [2.05, 4.69) is 31.1 Å². The van der Waals surface area contributed by atoms with Crippen LogP contribution in [0, 0.1) is 0 Å². The van der Waals surface area contributed by atoms with E-state index >= 15 is 0 Å². The summed E-state index contributed by atoms with van der Waals surface area (Å²) in [6.07, 6.45) is 1.37. The third-order valence-corrected chi connectivity index (χ3v) is 5.22. The molecule has 140 valence electrons. The number of thiazole rings is 1. The van der Waals surface area contributed by atoms with Crippen LogP contribution < -0.4 is 5.73 Å². The van der Waals surface area contributed by atoms with Gasteiger partial charge in [-0.05, 0) is 13.0 Å². The van der Waals surface area contributed by atoms with Gasteiger partial charge in [-0.25, -0.2) is 4.98 Å². The zero-order chi connectivity index (χ0) is 16.2. The number of hydrogen-bond donors (Lipinski definition) is 1. The van der Waals surface area contributed by atoms with Crippen LogP contribution in [0.25, 0.3) is 0 Å². The van der Waals surface area contributed by atoms with E-state index in [1.54, 1.807) is 11.3 Å². The fourth-order valence-electron chi connectivity index (χ4n) is 2.52. The number of rotatable bonds is 5. The van der Waals surface area contributed by atoms with Crippen molar-refractivity contribution in [2.45, 2.75) is 45.6 Å². The molecule has 1 aromatic heterocycles. The van der Waals surface area contributed by atoms with Gasteiger partial charge in [-0.1, -0.05) is 20.8 Å². The van der Waals surface area contributed by atoms with E-state index < -0.39 is 0 Å². The van der Waals surface area contributed by atoms with Crippen LogP contribution in [0.2, 0.25) is 0 Å². The van der Waals surface area contributed by atoms with Crippen molar-refractivity contribution >= 4 is 42.1 Å². The summed E-state index contributed by atoms with van der Waals surface area (Å²) in [5.41, 5.74) is 6.73. The van der Waals surface area contributed by atoms with Crippen LogP contribution in [0.4, 0.5) is 0 Å². The van der Waals surface area contributed by atoms with Gasteiger partial charge < -0.3 is 10.6 Å². The van der Waals surface area contributed by atoms with E-state index in [1.807, 2.05) is 4.90 Å². The van der Waals surface area contributed by atoms with Crippen molar-refractivity contribution in [3.8, 4) is 0 Å². The quantitative estimate of drug-likeness (QED) is 0.830. The Balaban J connectivity index is 0.00000264. The van der Waals surface area contributed by atoms with Crippen LogP contribution in [0.15, 0.2) is 5.38 Å². The summed E-state index contributed by atoms with van der Waals surface area (Å²) in [7, 11) is 0. The van der Waals surface area contributed by atoms with Crippen molar-refractivity contribution in [3.63, 3.8) is 0 Å². The van der Waals surface area contributed by atoms with Crippen molar-refractivity contribution in [3.05, 3.63) is 16.1 Å². The largest absolute Gasteiger partial charge is 0.340 e. The van der Waals surface area contributed by atoms with Crippen LogP contribution in [0.1, 0.15) is 44.3 Å². The molecule has 1 aliphatic rings. The Labute approximate surface area is 161 Å². The van der Waals surface area contributed by atoms with Gasteiger partial charge in [-0.3, -0.25) is 9.69 Å². The molecule has 1 aliphatic heterocycles. The molecule has 1 amide bonds. The first kappa shape index (κ1) is 23.6. The molecule has 1 saturated heterocycles. The highest BCUT2D eigenvalue weighted by atomic mass is 35.5. The SMILES string of the molecule is CC(C)(C)c1nc(CN2CCN(C(=O)CCCN)CC2)cs1.Cl.Cl. The maximum atomic E-state index is 12.0. The summed E-state index contributed by atoms with van der Waals surface area (Å²) in [6, 6.07) is 0. The van der Waals surface area contributed by atoms with E-state index in [4.69, 9.17) is 10.7 Å². The summed E-state index contributed by atoms with van der Waals surface area (Å²) in [4.78, 5) is 21.1. The minimum atomic E-state index is 0. The van der Waals surface area contributed by atoms with Crippen molar-refractivity contribution in [1.29, 1.82) is 0 Å². The minimum Gasteiger partial charge on any atom is -0.340 e. The maximum Gasteiger partial charge on any atom is 0.222 e. The zero-order valence-corrected chi connectivity index (χ0v) is 17.2. The molecule has 0 bridgehead atoms. The van der Waals surface area contributed by atoms with Gasteiger partial charge >= 0.3 is 0 Å². The first-order chi connectivity index (χ1) is 10.4. The highest BCUT2D eigenvalue weighted by Gasteiger charge is 2.22. The first-order valence-corrected chi connectivity index (χ1v) is 8.93. The lowest BCUT2D eigenvalue weighted by atomic mass is 9.98. The second-order valence-electron chi connectivity index (χ2n) is 6.94. The Kier molecular flexibility index (Phi) is 10.4. The van der Waals surface area contributed by atoms with E-state index in [0.717, 1.165) is 44.8 Å². The average molecular weight is 397 g/mol. The molecular weight excluding hydrogens is 367 g/mol. The third-order valence-electron chi connectivity index (χ3n) is 3.90. The molecule has 2 heterocycles. The monoisotopic (exact) mass is 396 g/mol. The van der Waals surface area contributed by atoms with Crippen molar-refractivity contribution < 1.29 is 4.79 Å². The molecule has 0 aliphatic carbocycles. The summed E-state index contributed by atoms with van der Waals surface area (Å²) < 4.78 is 0. The van der Waals surface area contributed by atoms with Gasteiger partial charge in [0, 0.05) is 49.9 Å². The molecule has 1 aromatic rings. The van der Waals surface area contributed by atoms with Crippen molar-refractivity contribution in [2.75, 3.05) is 32.7 Å². The van der Waals surface area contributed by atoms with Gasteiger partial charge in [0.25, 0.3) is 0 Å². The number of piperazine rings is 1. The van der Waals surface area contributed by atoms with Gasteiger partial charge in [0.05, 0.1) is 10.7 Å². The van der Waals surface area contributed by atoms with E-state index in [9.17, 15) is 4.79 Å². The Bertz CT molecular complexity index is 497. The van der Waals surface area contributed by atoms with E-state index in [0.29, 0.717) is 13.0 Å². The molecule has 5 nitrogen and oxygen atoms in total. The predicted molar refractivity (Wildman–Crippen MR) is 105 cm³/mol. The molecular formula is C16H30Cl2N4OS. The molecule has 0 saturated carbocycles. The number of halogens is 2. The number of carbonyl (C=O) groups excluding carboxylic acids is 1. The number of aromatic nitrogens is 1. The van der Waals surface area contributed by atoms with Crippen LogP contribution in [-0.2, 0) is 16.8 Å². The predicted octanol–water partition coefficient (Wildman–Crippen LogP) is 2.67. The first-order valence-electron chi connectivity index (χ1n) is 8.05. The highest BCUT2D eigenvalue weighted by molar-refractivity contribution is 7.09. The second kappa shape index (κ2) is 10.6. The van der Waals surface area contributed by atoms with Crippen LogP contribution in [0.5, 0.6) is 0 Å². The molecule has 2 rings (SSSR count). The number of nitrogens with zero attached hydrogens (tertiary/aromatic N) is 3. The molecule has 2 N–H and O–H groups in total. The zero-order valence-electron chi connectivity index (χ0n) is 14.8. The number of carbonyl (C=O) groups is 1. The molecule has 24 heavy (non-hydrogen) atoms. The van der Waals surface area contributed by atoms with Crippen molar-refractivity contribution in [2.24, 2.45) is 5.73 Å². The average Bonchev–Trinajstić information content (AvgIpc) is 2.94. The summed E-state index contributed by atoms with van der Waals surface area (Å²) in [5, 5.41) is 3.36. The van der Waals surface area contributed by atoms with Crippen LogP contribution in [0.3, 0.4) is 0 Å². The van der Waals surface area contributed by atoms with E-state index in [1.165, 1.54) is 5.01 Å². The number of nitrogens with two attached hydrogens (primary N) is 1. The van der Waals surface area contributed by atoms with Crippen LogP contribution in [-0.4, -0.2) is 53.4 Å². The second-order valence-corrected chi connectivity index (χ2v) is 7.80. The lowest BCUT2D eigenvalue weighted by Gasteiger charge is -2.34. The molecule has 0 aromatic carbocycles. The van der Waals surface area contributed by atoms with Gasteiger partial charge in [0.2, 0.25) is 5.91 Å². The normalized spacial score (nSPS) is 15.6. The van der Waals surface area contributed by atoms with Gasteiger partial charge in [0.15, 0.2) is 0 Å². The third kappa shape index (κ3) is 6.84. The Morgan fingerprint density at radius 1 is 1.25 bits per heavy atom. The van der Waals surface area contributed by atoms with Gasteiger partial charge in [0.1, 0.15) is 0 Å². The standard InChI is InChI=1S/C16H28N4OS.2ClH/c1-16(2,3)15-18-13(12-22-15)11-19-7-9-20(10-8-19)14(21)5-4-6-17;;/h12H,4-11,17H2,1-3H3;2*1H. The Morgan fingerprint density at radius 3 is 2.38 bits per heavy atom. The number of hydrogen-bond acceptors (Lipinski definition) is 5. The maximum absolute atomic E-state index is 12.0. The Morgan fingerprint density at radius 2 is 1.88 bits per heavy atom.